The lowest BCUT2D eigenvalue weighted by Gasteiger charge is -2.39. The molecule has 1 N–H and O–H groups in total. The Balaban J connectivity index is 1.79. The molecule has 0 bridgehead atoms. The van der Waals surface area contributed by atoms with E-state index in [-0.39, 0.29) is 11.8 Å². The smallest absolute Gasteiger partial charge is 0.254 e. The van der Waals surface area contributed by atoms with E-state index in [2.05, 4.69) is 10.3 Å². The molecule has 148 valence electrons. The molecule has 29 heavy (non-hydrogen) atoms. The van der Waals surface area contributed by atoms with Crippen molar-refractivity contribution < 1.29 is 14.3 Å². The summed E-state index contributed by atoms with van der Waals surface area (Å²) in [5, 5.41) is 3.49. The monoisotopic (exact) mass is 407 g/mol. The Morgan fingerprint density at radius 1 is 1.17 bits per heavy atom. The van der Waals surface area contributed by atoms with Gasteiger partial charge in [0.25, 0.3) is 5.91 Å². The molecular weight excluding hydrogens is 386 g/mol. The second-order valence-corrected chi connectivity index (χ2v) is 8.20. The van der Waals surface area contributed by atoms with E-state index >= 15 is 0 Å². The third kappa shape index (κ3) is 3.49. The van der Waals surface area contributed by atoms with Crippen molar-refractivity contribution in [2.45, 2.75) is 18.9 Å². The third-order valence-electron chi connectivity index (χ3n) is 5.17. The van der Waals surface area contributed by atoms with Crippen LogP contribution in [0.25, 0.3) is 0 Å². The number of aromatic nitrogens is 1. The van der Waals surface area contributed by atoms with Crippen molar-refractivity contribution in [3.8, 4) is 5.75 Å². The Morgan fingerprint density at radius 2 is 1.90 bits per heavy atom. The average Bonchev–Trinajstić information content (AvgIpc) is 3.15. The minimum atomic E-state index is -0.563. The van der Waals surface area contributed by atoms with Gasteiger partial charge in [-0.3, -0.25) is 9.59 Å². The number of ether oxygens (including phenoxy) is 1. The predicted molar refractivity (Wildman–Crippen MR) is 112 cm³/mol. The highest BCUT2D eigenvalue weighted by Gasteiger charge is 2.42. The lowest BCUT2D eigenvalue weighted by atomic mass is 9.79. The number of carbonyl (C=O) groups excluding carboxylic acids is 2. The summed E-state index contributed by atoms with van der Waals surface area (Å²) in [4.78, 5) is 33.3. The Kier molecular flexibility index (Phi) is 5.07. The maximum atomic E-state index is 13.4. The van der Waals surface area contributed by atoms with Crippen molar-refractivity contribution in [3.05, 3.63) is 76.3 Å². The molecule has 1 aliphatic rings. The van der Waals surface area contributed by atoms with Crippen molar-refractivity contribution >= 4 is 28.3 Å². The van der Waals surface area contributed by atoms with Crippen molar-refractivity contribution in [1.82, 2.24) is 9.88 Å². The van der Waals surface area contributed by atoms with Gasteiger partial charge in [-0.25, -0.2) is 4.98 Å². The first-order chi connectivity index (χ1) is 14.0. The van der Waals surface area contributed by atoms with Gasteiger partial charge in [0.2, 0.25) is 5.91 Å². The number of methoxy groups -OCH3 is 1. The van der Waals surface area contributed by atoms with E-state index < -0.39 is 12.0 Å². The number of nitrogens with one attached hydrogen (secondary N) is 1. The summed E-state index contributed by atoms with van der Waals surface area (Å²) in [5.41, 5.74) is 2.14. The molecule has 2 atom stereocenters. The Morgan fingerprint density at radius 3 is 2.55 bits per heavy atom. The van der Waals surface area contributed by atoms with Gasteiger partial charge in [0, 0.05) is 23.7 Å². The summed E-state index contributed by atoms with van der Waals surface area (Å²) < 4.78 is 5.25. The number of carbonyl (C=O) groups is 2. The number of likely N-dealkylation sites (N-methyl/N-ethyl adjacent to an activating group) is 1. The maximum absolute atomic E-state index is 13.4. The van der Waals surface area contributed by atoms with Crippen LogP contribution in [0.15, 0.2) is 54.7 Å². The molecule has 0 fully saturated rings. The van der Waals surface area contributed by atoms with Crippen LogP contribution in [0.1, 0.15) is 38.3 Å². The van der Waals surface area contributed by atoms with E-state index in [0.29, 0.717) is 10.7 Å². The van der Waals surface area contributed by atoms with E-state index in [1.165, 1.54) is 11.3 Å². The summed E-state index contributed by atoms with van der Waals surface area (Å²) in [7, 11) is 3.34. The number of thiazole rings is 1. The summed E-state index contributed by atoms with van der Waals surface area (Å²) in [6.45, 7) is 1.94. The van der Waals surface area contributed by atoms with Gasteiger partial charge in [0.05, 0.1) is 19.1 Å². The number of fused-ring (bicyclic) bond motifs is 1. The van der Waals surface area contributed by atoms with Gasteiger partial charge in [0.15, 0.2) is 5.13 Å². The SMILES string of the molecule is COc1ccc([C@@H]2[C@H](C(=O)Nc3ncc(C)s3)c3ccccc3C(=O)N2C)cc1. The molecule has 7 heteroatoms. The number of hydrogen-bond acceptors (Lipinski definition) is 5. The number of aryl methyl sites for hydroxylation is 1. The Labute approximate surface area is 173 Å². The fourth-order valence-electron chi connectivity index (χ4n) is 3.77. The molecule has 4 rings (SSSR count). The molecule has 0 saturated carbocycles. The summed E-state index contributed by atoms with van der Waals surface area (Å²) in [6.07, 6.45) is 1.73. The summed E-state index contributed by atoms with van der Waals surface area (Å²) in [6, 6.07) is 14.3. The highest BCUT2D eigenvalue weighted by atomic mass is 32.1. The first-order valence-corrected chi connectivity index (χ1v) is 10.0. The Hall–Kier alpha value is -3.19. The number of rotatable bonds is 4. The molecule has 2 heterocycles. The molecule has 0 spiro atoms. The molecule has 1 aliphatic heterocycles. The minimum absolute atomic E-state index is 0.101. The number of nitrogens with zero attached hydrogens (tertiary/aromatic N) is 2. The van der Waals surface area contributed by atoms with E-state index in [9.17, 15) is 9.59 Å². The molecule has 0 saturated heterocycles. The zero-order valence-electron chi connectivity index (χ0n) is 16.4. The van der Waals surface area contributed by atoms with Crippen LogP contribution in [0.2, 0.25) is 0 Å². The highest BCUT2D eigenvalue weighted by Crippen LogP contribution is 2.42. The second kappa shape index (κ2) is 7.67. The molecule has 1 aromatic heterocycles. The van der Waals surface area contributed by atoms with Gasteiger partial charge in [-0.1, -0.05) is 30.3 Å². The summed E-state index contributed by atoms with van der Waals surface area (Å²) in [5.74, 6) is -0.132. The lowest BCUT2D eigenvalue weighted by Crippen LogP contribution is -2.44. The summed E-state index contributed by atoms with van der Waals surface area (Å²) >= 11 is 1.42. The molecule has 0 unspecified atom stereocenters. The standard InChI is InChI=1S/C22H21N3O3S/c1-13-12-23-22(29-13)24-20(26)18-16-6-4-5-7-17(16)21(27)25(2)19(18)14-8-10-15(28-3)11-9-14/h4-12,18-19H,1-3H3,(H,23,24,26)/t18-,19-/m1/s1. The first kappa shape index (κ1) is 19.1. The van der Waals surface area contributed by atoms with Crippen LogP contribution in [0.4, 0.5) is 5.13 Å². The van der Waals surface area contributed by atoms with Gasteiger partial charge < -0.3 is 15.0 Å². The van der Waals surface area contributed by atoms with E-state index in [0.717, 1.165) is 21.8 Å². The van der Waals surface area contributed by atoms with Crippen LogP contribution in [0, 0.1) is 6.92 Å². The van der Waals surface area contributed by atoms with Crippen LogP contribution in [0.5, 0.6) is 5.75 Å². The third-order valence-corrected chi connectivity index (χ3v) is 6.00. The van der Waals surface area contributed by atoms with Gasteiger partial charge in [-0.15, -0.1) is 11.3 Å². The zero-order chi connectivity index (χ0) is 20.5. The molecular formula is C22H21N3O3S. The normalized spacial score (nSPS) is 18.3. The predicted octanol–water partition coefficient (Wildman–Crippen LogP) is 4.01. The molecule has 6 nitrogen and oxygen atoms in total. The molecule has 0 aliphatic carbocycles. The fraction of sp³-hybridized carbons (Fsp3) is 0.227. The van der Waals surface area contributed by atoms with Crippen molar-refractivity contribution in [1.29, 1.82) is 0 Å². The minimum Gasteiger partial charge on any atom is -0.497 e. The number of benzene rings is 2. The van der Waals surface area contributed by atoms with Crippen LogP contribution in [-0.4, -0.2) is 35.9 Å². The first-order valence-electron chi connectivity index (χ1n) is 9.23. The van der Waals surface area contributed by atoms with Gasteiger partial charge in [-0.05, 0) is 36.2 Å². The quantitative estimate of drug-likeness (QED) is 0.709. The van der Waals surface area contributed by atoms with Crippen LogP contribution in [0.3, 0.4) is 0 Å². The van der Waals surface area contributed by atoms with Gasteiger partial charge >= 0.3 is 0 Å². The van der Waals surface area contributed by atoms with E-state index in [4.69, 9.17) is 4.74 Å². The van der Waals surface area contributed by atoms with Crippen LogP contribution in [-0.2, 0) is 4.79 Å². The second-order valence-electron chi connectivity index (χ2n) is 6.96. The highest BCUT2D eigenvalue weighted by molar-refractivity contribution is 7.15. The van der Waals surface area contributed by atoms with Crippen LogP contribution < -0.4 is 10.1 Å². The van der Waals surface area contributed by atoms with Crippen molar-refractivity contribution in [3.63, 3.8) is 0 Å². The lowest BCUT2D eigenvalue weighted by molar-refractivity contribution is -0.119. The van der Waals surface area contributed by atoms with E-state index in [1.807, 2.05) is 49.4 Å². The number of anilines is 1. The molecule has 2 amide bonds. The number of amides is 2. The average molecular weight is 407 g/mol. The zero-order valence-corrected chi connectivity index (χ0v) is 17.2. The molecule has 3 aromatic rings. The molecule has 2 aromatic carbocycles. The number of hydrogen-bond donors (Lipinski definition) is 1. The van der Waals surface area contributed by atoms with Gasteiger partial charge in [0.1, 0.15) is 5.75 Å². The van der Waals surface area contributed by atoms with Crippen LogP contribution >= 0.6 is 11.3 Å². The topological polar surface area (TPSA) is 71.5 Å². The van der Waals surface area contributed by atoms with Gasteiger partial charge in [-0.2, -0.15) is 0 Å². The molecule has 0 radical (unpaired) electrons. The largest absolute Gasteiger partial charge is 0.497 e. The van der Waals surface area contributed by atoms with Crippen molar-refractivity contribution in [2.75, 3.05) is 19.5 Å². The fourth-order valence-corrected chi connectivity index (χ4v) is 4.44. The van der Waals surface area contributed by atoms with E-state index in [1.54, 1.807) is 31.3 Å². The maximum Gasteiger partial charge on any atom is 0.254 e. The Bertz CT molecular complexity index is 1060. The van der Waals surface area contributed by atoms with Crippen molar-refractivity contribution in [2.24, 2.45) is 0 Å².